The van der Waals surface area contributed by atoms with Gasteiger partial charge in [-0.05, 0) is 0 Å². The summed E-state index contributed by atoms with van der Waals surface area (Å²) in [6, 6.07) is 0.0694. The molecule has 7 heavy (non-hydrogen) atoms. The van der Waals surface area contributed by atoms with Gasteiger partial charge in [0.25, 0.3) is 6.02 Å². The van der Waals surface area contributed by atoms with Crippen molar-refractivity contribution in [1.29, 1.82) is 5.41 Å². The molecular formula is C3H7N3O. The van der Waals surface area contributed by atoms with E-state index in [0.717, 1.165) is 0 Å². The smallest absolute Gasteiger partial charge is 0.299 e. The lowest BCUT2D eigenvalue weighted by atomic mass is 10.7. The normalized spacial score (nSPS) is 20.1. The van der Waals surface area contributed by atoms with Crippen LogP contribution in [0.15, 0.2) is 0 Å². The van der Waals surface area contributed by atoms with Crippen LogP contribution in [0.2, 0.25) is 0 Å². The third kappa shape index (κ3) is 0.640. The van der Waals surface area contributed by atoms with Crippen LogP contribution < -0.4 is 5.84 Å². The average molecular weight is 101 g/mol. The van der Waals surface area contributed by atoms with Gasteiger partial charge in [-0.3, -0.25) is 10.4 Å². The molecule has 0 atom stereocenters. The van der Waals surface area contributed by atoms with Gasteiger partial charge in [0.05, 0.1) is 6.54 Å². The number of nitrogens with zero attached hydrogens (tertiary/aromatic N) is 1. The zero-order valence-electron chi connectivity index (χ0n) is 3.85. The van der Waals surface area contributed by atoms with Crippen LogP contribution >= 0.6 is 0 Å². The highest BCUT2D eigenvalue weighted by Gasteiger charge is 2.12. The molecule has 0 bridgehead atoms. The van der Waals surface area contributed by atoms with Gasteiger partial charge in [-0.1, -0.05) is 0 Å². The molecule has 0 aromatic heterocycles. The third-order valence-corrected chi connectivity index (χ3v) is 0.832. The lowest BCUT2D eigenvalue weighted by Crippen LogP contribution is -2.31. The van der Waals surface area contributed by atoms with Crippen molar-refractivity contribution in [2.24, 2.45) is 5.84 Å². The first kappa shape index (κ1) is 4.39. The van der Waals surface area contributed by atoms with Gasteiger partial charge < -0.3 is 4.74 Å². The molecule has 1 heterocycles. The molecule has 1 fully saturated rings. The van der Waals surface area contributed by atoms with Gasteiger partial charge >= 0.3 is 0 Å². The fourth-order valence-electron chi connectivity index (χ4n) is 0.425. The summed E-state index contributed by atoms with van der Waals surface area (Å²) in [5.41, 5.74) is 0. The third-order valence-electron chi connectivity index (χ3n) is 0.832. The van der Waals surface area contributed by atoms with Crippen molar-refractivity contribution in [3.8, 4) is 0 Å². The highest BCUT2D eigenvalue weighted by atomic mass is 16.5. The van der Waals surface area contributed by atoms with E-state index in [9.17, 15) is 0 Å². The first-order valence-electron chi connectivity index (χ1n) is 2.04. The van der Waals surface area contributed by atoms with Gasteiger partial charge in [-0.25, -0.2) is 5.84 Å². The second-order valence-corrected chi connectivity index (χ2v) is 1.35. The fourth-order valence-corrected chi connectivity index (χ4v) is 0.425. The SMILES string of the molecule is N=C1OCCN1N. The van der Waals surface area contributed by atoms with Crippen LogP contribution in [0.5, 0.6) is 0 Å². The Kier molecular flexibility index (Phi) is 0.867. The Hall–Kier alpha value is -0.770. The lowest BCUT2D eigenvalue weighted by molar-refractivity contribution is 0.348. The van der Waals surface area contributed by atoms with Gasteiger partial charge in [-0.2, -0.15) is 0 Å². The van der Waals surface area contributed by atoms with Crippen LogP contribution in [0, 0.1) is 5.41 Å². The Bertz CT molecular complexity index is 92.2. The Morgan fingerprint density at radius 2 is 2.57 bits per heavy atom. The van der Waals surface area contributed by atoms with Crippen LogP contribution in [0.25, 0.3) is 0 Å². The second-order valence-electron chi connectivity index (χ2n) is 1.35. The Morgan fingerprint density at radius 3 is 2.71 bits per heavy atom. The number of hydrogen-bond acceptors (Lipinski definition) is 3. The number of hydrogen-bond donors (Lipinski definition) is 2. The summed E-state index contributed by atoms with van der Waals surface area (Å²) in [6.45, 7) is 1.19. The highest BCUT2D eigenvalue weighted by molar-refractivity contribution is 5.70. The average Bonchev–Trinajstić information content (AvgIpc) is 1.91. The fraction of sp³-hybridized carbons (Fsp3) is 0.667. The summed E-state index contributed by atoms with van der Waals surface area (Å²) in [6.07, 6.45) is 0. The summed E-state index contributed by atoms with van der Waals surface area (Å²) in [7, 11) is 0. The van der Waals surface area contributed by atoms with E-state index in [1.807, 2.05) is 0 Å². The van der Waals surface area contributed by atoms with Crippen molar-refractivity contribution >= 4 is 6.02 Å². The number of rotatable bonds is 0. The predicted molar refractivity (Wildman–Crippen MR) is 24.6 cm³/mol. The molecular weight excluding hydrogens is 94.1 g/mol. The Balaban J connectivity index is 2.48. The second kappa shape index (κ2) is 1.38. The minimum absolute atomic E-state index is 0.0694. The van der Waals surface area contributed by atoms with Gasteiger partial charge in [0.15, 0.2) is 0 Å². The maximum atomic E-state index is 6.83. The number of hydrazine groups is 1. The van der Waals surface area contributed by atoms with E-state index in [0.29, 0.717) is 13.2 Å². The van der Waals surface area contributed by atoms with Gasteiger partial charge in [-0.15, -0.1) is 0 Å². The summed E-state index contributed by atoms with van der Waals surface area (Å²) in [5.74, 6) is 5.16. The van der Waals surface area contributed by atoms with Gasteiger partial charge in [0, 0.05) is 0 Å². The van der Waals surface area contributed by atoms with E-state index in [-0.39, 0.29) is 6.02 Å². The molecule has 0 saturated carbocycles. The monoisotopic (exact) mass is 101 g/mol. The number of amidine groups is 1. The van der Waals surface area contributed by atoms with Crippen LogP contribution in [-0.4, -0.2) is 24.2 Å². The standard InChI is InChI=1S/C3H7N3O/c4-3-6(5)1-2-7-3/h4H,1-2,5H2. The Labute approximate surface area is 41.3 Å². The summed E-state index contributed by atoms with van der Waals surface area (Å²) < 4.78 is 4.65. The van der Waals surface area contributed by atoms with Crippen molar-refractivity contribution in [2.45, 2.75) is 0 Å². The van der Waals surface area contributed by atoms with Crippen molar-refractivity contribution in [3.05, 3.63) is 0 Å². The molecule has 1 aliphatic heterocycles. The molecule has 1 saturated heterocycles. The Morgan fingerprint density at radius 1 is 1.86 bits per heavy atom. The molecule has 4 heteroatoms. The van der Waals surface area contributed by atoms with Crippen molar-refractivity contribution in [1.82, 2.24) is 5.01 Å². The minimum Gasteiger partial charge on any atom is -0.462 e. The summed E-state index contributed by atoms with van der Waals surface area (Å²) in [5, 5.41) is 8.10. The molecule has 0 amide bonds. The van der Waals surface area contributed by atoms with E-state index < -0.39 is 0 Å². The minimum atomic E-state index is 0.0694. The molecule has 1 rings (SSSR count). The van der Waals surface area contributed by atoms with Crippen molar-refractivity contribution in [3.63, 3.8) is 0 Å². The van der Waals surface area contributed by atoms with Crippen LogP contribution in [0.4, 0.5) is 0 Å². The molecule has 0 radical (unpaired) electrons. The van der Waals surface area contributed by atoms with Crippen LogP contribution in [-0.2, 0) is 4.74 Å². The zero-order chi connectivity index (χ0) is 5.28. The summed E-state index contributed by atoms with van der Waals surface area (Å²) >= 11 is 0. The number of ether oxygens (including phenoxy) is 1. The maximum Gasteiger partial charge on any atom is 0.299 e. The van der Waals surface area contributed by atoms with Crippen LogP contribution in [0.3, 0.4) is 0 Å². The zero-order valence-corrected chi connectivity index (χ0v) is 3.85. The molecule has 0 spiro atoms. The van der Waals surface area contributed by atoms with E-state index in [1.54, 1.807) is 0 Å². The molecule has 0 aliphatic carbocycles. The quantitative estimate of drug-likeness (QED) is 0.390. The van der Waals surface area contributed by atoms with E-state index in [2.05, 4.69) is 4.74 Å². The maximum absolute atomic E-state index is 6.83. The molecule has 0 unspecified atom stereocenters. The van der Waals surface area contributed by atoms with Crippen LogP contribution in [0.1, 0.15) is 0 Å². The molecule has 4 nitrogen and oxygen atoms in total. The first-order chi connectivity index (χ1) is 3.30. The van der Waals surface area contributed by atoms with Crippen molar-refractivity contribution in [2.75, 3.05) is 13.2 Å². The first-order valence-corrected chi connectivity index (χ1v) is 2.04. The topological polar surface area (TPSA) is 62.3 Å². The summed E-state index contributed by atoms with van der Waals surface area (Å²) in [4.78, 5) is 0. The number of nitrogens with one attached hydrogen (secondary N) is 1. The predicted octanol–water partition coefficient (Wildman–Crippen LogP) is -0.873. The molecule has 0 aromatic carbocycles. The largest absolute Gasteiger partial charge is 0.462 e. The van der Waals surface area contributed by atoms with E-state index in [4.69, 9.17) is 11.3 Å². The molecule has 0 aromatic rings. The molecule has 40 valence electrons. The lowest BCUT2D eigenvalue weighted by Gasteiger charge is -2.02. The van der Waals surface area contributed by atoms with Crippen molar-refractivity contribution < 1.29 is 4.74 Å². The van der Waals surface area contributed by atoms with E-state index >= 15 is 0 Å². The number of nitrogens with two attached hydrogens (primary N) is 1. The van der Waals surface area contributed by atoms with E-state index in [1.165, 1.54) is 5.01 Å². The van der Waals surface area contributed by atoms with Gasteiger partial charge in [0.1, 0.15) is 6.61 Å². The highest BCUT2D eigenvalue weighted by Crippen LogP contribution is 1.92. The van der Waals surface area contributed by atoms with Gasteiger partial charge in [0.2, 0.25) is 0 Å². The molecule has 3 N–H and O–H groups in total. The molecule has 1 aliphatic rings.